The highest BCUT2D eigenvalue weighted by atomic mass is 16.6. The SMILES string of the molecule is CCCCCC(=O)Oc1cc2c(cc1NC=O)C(=O)OC21c2ccc(O)cc2Oc2cc(N3C(=O)CCC3=O)ccc21. The lowest BCUT2D eigenvalue weighted by Gasteiger charge is -2.37. The number of carbonyl (C=O) groups excluding carboxylic acids is 5. The predicted molar refractivity (Wildman–Crippen MR) is 148 cm³/mol. The first kappa shape index (κ1) is 27.0. The molecule has 11 nitrogen and oxygen atoms in total. The number of imide groups is 1. The maximum atomic E-state index is 13.4. The number of phenols is 1. The van der Waals surface area contributed by atoms with E-state index in [9.17, 15) is 29.1 Å². The summed E-state index contributed by atoms with van der Waals surface area (Å²) in [5.74, 6) is -1.62. The van der Waals surface area contributed by atoms with Crippen LogP contribution in [0.3, 0.4) is 0 Å². The van der Waals surface area contributed by atoms with Crippen molar-refractivity contribution in [1.82, 2.24) is 0 Å². The molecule has 3 aromatic rings. The summed E-state index contributed by atoms with van der Waals surface area (Å²) in [7, 11) is 0. The van der Waals surface area contributed by atoms with Crippen LogP contribution >= 0.6 is 0 Å². The van der Waals surface area contributed by atoms with Crippen LogP contribution in [0.2, 0.25) is 0 Å². The first-order chi connectivity index (χ1) is 20.3. The minimum Gasteiger partial charge on any atom is -0.508 e. The van der Waals surface area contributed by atoms with E-state index in [0.29, 0.717) is 29.5 Å². The number of ether oxygens (including phenoxy) is 3. The van der Waals surface area contributed by atoms with Gasteiger partial charge in [-0.05, 0) is 42.8 Å². The van der Waals surface area contributed by atoms with Crippen molar-refractivity contribution in [2.24, 2.45) is 0 Å². The maximum Gasteiger partial charge on any atom is 0.340 e. The summed E-state index contributed by atoms with van der Waals surface area (Å²) in [4.78, 5) is 63.4. The number of nitrogens with zero attached hydrogens (tertiary/aromatic N) is 1. The average Bonchev–Trinajstić information content (AvgIpc) is 3.44. The fourth-order valence-corrected chi connectivity index (χ4v) is 5.68. The summed E-state index contributed by atoms with van der Waals surface area (Å²) < 4.78 is 17.9. The van der Waals surface area contributed by atoms with Crippen molar-refractivity contribution in [3.63, 3.8) is 0 Å². The van der Waals surface area contributed by atoms with Gasteiger partial charge in [0.1, 0.15) is 17.2 Å². The molecule has 3 aliphatic rings. The Labute approximate surface area is 240 Å². The summed E-state index contributed by atoms with van der Waals surface area (Å²) in [6.07, 6.45) is 3.18. The second kappa shape index (κ2) is 10.3. The Bertz CT molecular complexity index is 1670. The largest absolute Gasteiger partial charge is 0.508 e. The highest BCUT2D eigenvalue weighted by Gasteiger charge is 2.54. The Kier molecular flexibility index (Phi) is 6.64. The van der Waals surface area contributed by atoms with Crippen LogP contribution in [-0.2, 0) is 29.5 Å². The van der Waals surface area contributed by atoms with Crippen LogP contribution in [0.1, 0.15) is 72.5 Å². The number of nitrogens with one attached hydrogen (secondary N) is 1. The summed E-state index contributed by atoms with van der Waals surface area (Å²) in [5, 5.41) is 12.7. The number of aromatic hydroxyl groups is 1. The van der Waals surface area contributed by atoms with Gasteiger partial charge in [0.2, 0.25) is 18.2 Å². The van der Waals surface area contributed by atoms with Gasteiger partial charge in [-0.25, -0.2) is 4.79 Å². The molecule has 3 aliphatic heterocycles. The molecule has 0 radical (unpaired) electrons. The van der Waals surface area contributed by atoms with E-state index in [1.165, 1.54) is 30.3 Å². The van der Waals surface area contributed by atoms with E-state index in [-0.39, 0.29) is 71.0 Å². The van der Waals surface area contributed by atoms with Crippen LogP contribution in [0.4, 0.5) is 11.4 Å². The highest BCUT2D eigenvalue weighted by Crippen LogP contribution is 2.58. The Morgan fingerprint density at radius 1 is 1.00 bits per heavy atom. The molecule has 1 unspecified atom stereocenters. The third kappa shape index (κ3) is 4.25. The molecule has 1 atom stereocenters. The molecule has 0 aliphatic carbocycles. The van der Waals surface area contributed by atoms with Gasteiger partial charge in [0.05, 0.1) is 16.9 Å². The Morgan fingerprint density at radius 2 is 1.71 bits per heavy atom. The molecule has 3 amide bonds. The van der Waals surface area contributed by atoms with E-state index in [4.69, 9.17) is 14.2 Å². The molecule has 1 fully saturated rings. The lowest BCUT2D eigenvalue weighted by molar-refractivity contribution is -0.134. The minimum atomic E-state index is -1.61. The summed E-state index contributed by atoms with van der Waals surface area (Å²) in [5.41, 5.74) is -0.00461. The molecular weight excluding hydrogens is 544 g/mol. The molecule has 3 heterocycles. The average molecular weight is 571 g/mol. The first-order valence-corrected chi connectivity index (χ1v) is 13.6. The molecule has 0 aromatic heterocycles. The lowest BCUT2D eigenvalue weighted by atomic mass is 9.77. The van der Waals surface area contributed by atoms with E-state index in [2.05, 4.69) is 5.32 Å². The van der Waals surface area contributed by atoms with Gasteiger partial charge in [0.15, 0.2) is 11.4 Å². The van der Waals surface area contributed by atoms with Crippen molar-refractivity contribution >= 4 is 41.5 Å². The molecule has 6 rings (SSSR count). The zero-order valence-electron chi connectivity index (χ0n) is 22.6. The van der Waals surface area contributed by atoms with Crippen molar-refractivity contribution in [3.05, 3.63) is 70.8 Å². The van der Waals surface area contributed by atoms with Crippen LogP contribution in [0.25, 0.3) is 0 Å². The number of hydrogen-bond acceptors (Lipinski definition) is 9. The molecule has 2 N–H and O–H groups in total. The number of anilines is 2. The van der Waals surface area contributed by atoms with E-state index in [1.54, 1.807) is 18.2 Å². The Balaban J connectivity index is 1.53. The number of esters is 2. The van der Waals surface area contributed by atoms with Gasteiger partial charge in [-0.3, -0.25) is 24.1 Å². The second-order valence-corrected chi connectivity index (χ2v) is 10.2. The third-order valence-electron chi connectivity index (χ3n) is 7.61. The van der Waals surface area contributed by atoms with Gasteiger partial charge in [-0.2, -0.15) is 0 Å². The maximum absolute atomic E-state index is 13.4. The molecular formula is C31H26N2O9. The number of carbonyl (C=O) groups is 5. The standard InChI is InChI=1S/C31H26N2O9/c1-2-3-4-5-29(38)41-26-15-22-19(14-23(26)32-16-34)30(39)42-31(22)20-8-6-17(33-27(36)10-11-28(33)37)12-24(20)40-25-13-18(35)7-9-21(25)31/h6-9,12-16,35H,2-5,10-11H2,1H3,(H,32,34). The summed E-state index contributed by atoms with van der Waals surface area (Å²) in [6, 6.07) is 11.9. The van der Waals surface area contributed by atoms with Crippen molar-refractivity contribution in [3.8, 4) is 23.0 Å². The number of fused-ring (bicyclic) bond motifs is 6. The molecule has 3 aromatic carbocycles. The number of phenolic OH excluding ortho intramolecular Hbond substituents is 1. The van der Waals surface area contributed by atoms with Gasteiger partial charge in [0.25, 0.3) is 0 Å². The van der Waals surface area contributed by atoms with Gasteiger partial charge >= 0.3 is 11.9 Å². The van der Waals surface area contributed by atoms with Crippen molar-refractivity contribution in [1.29, 1.82) is 0 Å². The molecule has 1 saturated heterocycles. The zero-order chi connectivity index (χ0) is 29.6. The minimum absolute atomic E-state index is 0.0262. The molecule has 11 heteroatoms. The lowest BCUT2D eigenvalue weighted by Crippen LogP contribution is -2.34. The fraction of sp³-hybridized carbons (Fsp3) is 0.258. The van der Waals surface area contributed by atoms with Gasteiger partial charge < -0.3 is 24.6 Å². The van der Waals surface area contributed by atoms with Gasteiger partial charge in [-0.15, -0.1) is 0 Å². The van der Waals surface area contributed by atoms with Crippen LogP contribution in [0, 0.1) is 0 Å². The highest BCUT2D eigenvalue weighted by molar-refractivity contribution is 6.20. The fourth-order valence-electron chi connectivity index (χ4n) is 5.68. The summed E-state index contributed by atoms with van der Waals surface area (Å²) in [6.45, 7) is 2.02. The van der Waals surface area contributed by atoms with Gasteiger partial charge in [0, 0.05) is 48.1 Å². The van der Waals surface area contributed by atoms with Crippen LogP contribution in [-0.4, -0.2) is 35.3 Å². The predicted octanol–water partition coefficient (Wildman–Crippen LogP) is 4.67. The molecule has 0 bridgehead atoms. The summed E-state index contributed by atoms with van der Waals surface area (Å²) >= 11 is 0. The number of unbranched alkanes of at least 4 members (excludes halogenated alkanes) is 2. The first-order valence-electron chi connectivity index (χ1n) is 13.6. The van der Waals surface area contributed by atoms with E-state index in [1.807, 2.05) is 6.92 Å². The van der Waals surface area contributed by atoms with Crippen molar-refractivity contribution in [2.45, 2.75) is 51.0 Å². The Hall–Kier alpha value is -5.19. The van der Waals surface area contributed by atoms with Crippen molar-refractivity contribution in [2.75, 3.05) is 10.2 Å². The van der Waals surface area contributed by atoms with E-state index >= 15 is 0 Å². The quantitative estimate of drug-likeness (QED) is 0.130. The molecule has 1 spiro atoms. The molecule has 42 heavy (non-hydrogen) atoms. The normalized spacial score (nSPS) is 18.2. The smallest absolute Gasteiger partial charge is 0.340 e. The number of rotatable bonds is 8. The molecule has 0 saturated carbocycles. The Morgan fingerprint density at radius 3 is 2.43 bits per heavy atom. The second-order valence-electron chi connectivity index (χ2n) is 10.2. The number of amides is 3. The van der Waals surface area contributed by atoms with E-state index < -0.39 is 17.5 Å². The van der Waals surface area contributed by atoms with Crippen LogP contribution < -0.4 is 19.7 Å². The zero-order valence-corrected chi connectivity index (χ0v) is 22.6. The van der Waals surface area contributed by atoms with Crippen molar-refractivity contribution < 1.29 is 43.3 Å². The van der Waals surface area contributed by atoms with E-state index in [0.717, 1.165) is 17.7 Å². The molecule has 214 valence electrons. The van der Waals surface area contributed by atoms with Crippen LogP contribution in [0.15, 0.2) is 48.5 Å². The number of benzene rings is 3. The topological polar surface area (TPSA) is 149 Å². The van der Waals surface area contributed by atoms with Crippen LogP contribution in [0.5, 0.6) is 23.0 Å². The van der Waals surface area contributed by atoms with Gasteiger partial charge in [-0.1, -0.05) is 19.8 Å². The third-order valence-corrected chi connectivity index (χ3v) is 7.61. The number of hydrogen-bond donors (Lipinski definition) is 2. The monoisotopic (exact) mass is 570 g/mol.